The summed E-state index contributed by atoms with van der Waals surface area (Å²) in [7, 11) is 0. The third kappa shape index (κ3) is 2.61. The number of piperazine rings is 1. The van der Waals surface area contributed by atoms with Crippen molar-refractivity contribution >= 4 is 33.1 Å². The number of fused-ring (bicyclic) bond motifs is 1. The highest BCUT2D eigenvalue weighted by molar-refractivity contribution is 7.21. The molecule has 3 rings (SSSR count). The van der Waals surface area contributed by atoms with E-state index in [-0.39, 0.29) is 5.91 Å². The monoisotopic (exact) mass is 304 g/mol. The van der Waals surface area contributed by atoms with Crippen molar-refractivity contribution in [2.75, 3.05) is 31.9 Å². The molecule has 2 aromatic rings. The highest BCUT2D eigenvalue weighted by atomic mass is 32.1. The van der Waals surface area contributed by atoms with Crippen LogP contribution in [0.4, 0.5) is 5.69 Å². The predicted octanol–water partition coefficient (Wildman–Crippen LogP) is 2.04. The van der Waals surface area contributed by atoms with Crippen LogP contribution in [0.1, 0.15) is 23.5 Å². The topological polar surface area (TPSA) is 62.5 Å². The molecule has 2 N–H and O–H groups in total. The van der Waals surface area contributed by atoms with Gasteiger partial charge in [-0.2, -0.15) is 0 Å². The Morgan fingerprint density at radius 3 is 2.67 bits per heavy atom. The summed E-state index contributed by atoms with van der Waals surface area (Å²) in [6, 6.07) is 4.30. The lowest BCUT2D eigenvalue weighted by Gasteiger charge is -2.36. The molecule has 6 heteroatoms. The first-order chi connectivity index (χ1) is 10.1. The van der Waals surface area contributed by atoms with Gasteiger partial charge in [0, 0.05) is 43.8 Å². The summed E-state index contributed by atoms with van der Waals surface area (Å²) in [5, 5.41) is 0.881. The zero-order valence-electron chi connectivity index (χ0n) is 12.4. The zero-order valence-corrected chi connectivity index (χ0v) is 13.2. The molecule has 0 unspecified atom stereocenters. The number of thiophene rings is 1. The van der Waals surface area contributed by atoms with Gasteiger partial charge in [-0.25, -0.2) is 4.98 Å². The van der Waals surface area contributed by atoms with E-state index in [0.717, 1.165) is 36.4 Å². The van der Waals surface area contributed by atoms with Crippen LogP contribution in [0.2, 0.25) is 0 Å². The maximum Gasteiger partial charge on any atom is 0.266 e. The molecule has 1 aliphatic heterocycles. The number of nitrogen functional groups attached to an aromatic ring is 1. The van der Waals surface area contributed by atoms with Gasteiger partial charge in [-0.05, 0) is 26.0 Å². The quantitative estimate of drug-likeness (QED) is 0.922. The summed E-state index contributed by atoms with van der Waals surface area (Å²) in [6.07, 6.45) is 1.73. The van der Waals surface area contributed by atoms with Gasteiger partial charge in [-0.1, -0.05) is 0 Å². The van der Waals surface area contributed by atoms with Crippen molar-refractivity contribution < 1.29 is 4.79 Å². The van der Waals surface area contributed by atoms with E-state index in [0.29, 0.717) is 16.6 Å². The van der Waals surface area contributed by atoms with Gasteiger partial charge >= 0.3 is 0 Å². The van der Waals surface area contributed by atoms with Gasteiger partial charge in [0.2, 0.25) is 0 Å². The van der Waals surface area contributed by atoms with Gasteiger partial charge in [0.05, 0.1) is 5.69 Å². The molecule has 21 heavy (non-hydrogen) atoms. The zero-order chi connectivity index (χ0) is 15.0. The number of hydrogen-bond donors (Lipinski definition) is 1. The van der Waals surface area contributed by atoms with Crippen LogP contribution < -0.4 is 5.73 Å². The maximum atomic E-state index is 12.7. The van der Waals surface area contributed by atoms with E-state index in [4.69, 9.17) is 5.73 Å². The second kappa shape index (κ2) is 5.61. The molecule has 1 fully saturated rings. The number of nitrogens with zero attached hydrogens (tertiary/aromatic N) is 3. The van der Waals surface area contributed by atoms with Crippen LogP contribution in [0.5, 0.6) is 0 Å². The van der Waals surface area contributed by atoms with Gasteiger partial charge in [0.1, 0.15) is 9.71 Å². The Balaban J connectivity index is 1.80. The Labute approximate surface area is 128 Å². The number of rotatable bonds is 2. The smallest absolute Gasteiger partial charge is 0.266 e. The van der Waals surface area contributed by atoms with E-state index in [9.17, 15) is 4.79 Å². The van der Waals surface area contributed by atoms with Gasteiger partial charge < -0.3 is 10.6 Å². The summed E-state index contributed by atoms with van der Waals surface area (Å²) >= 11 is 1.39. The molecule has 0 aliphatic carbocycles. The van der Waals surface area contributed by atoms with E-state index in [1.807, 2.05) is 17.0 Å². The number of carbonyl (C=O) groups is 1. The molecule has 0 aromatic carbocycles. The van der Waals surface area contributed by atoms with Crippen molar-refractivity contribution in [3.63, 3.8) is 0 Å². The molecule has 1 aliphatic rings. The second-order valence-electron chi connectivity index (χ2n) is 5.62. The fraction of sp³-hybridized carbons (Fsp3) is 0.467. The van der Waals surface area contributed by atoms with Crippen LogP contribution in [-0.4, -0.2) is 52.9 Å². The third-order valence-corrected chi connectivity index (χ3v) is 5.15. The molecule has 0 spiro atoms. The Bertz CT molecular complexity index is 659. The van der Waals surface area contributed by atoms with Crippen molar-refractivity contribution in [1.82, 2.24) is 14.8 Å². The summed E-state index contributed by atoms with van der Waals surface area (Å²) in [5.74, 6) is 0.0407. The Morgan fingerprint density at radius 1 is 1.33 bits per heavy atom. The average Bonchev–Trinajstić information content (AvgIpc) is 2.84. The van der Waals surface area contributed by atoms with Crippen LogP contribution in [0.3, 0.4) is 0 Å². The molecule has 3 heterocycles. The summed E-state index contributed by atoms with van der Waals surface area (Å²) < 4.78 is 0. The van der Waals surface area contributed by atoms with Crippen LogP contribution in [-0.2, 0) is 0 Å². The first-order valence-corrected chi connectivity index (χ1v) is 8.06. The van der Waals surface area contributed by atoms with E-state index >= 15 is 0 Å². The number of nitrogens with two attached hydrogens (primary N) is 1. The summed E-state index contributed by atoms with van der Waals surface area (Å²) in [6.45, 7) is 7.75. The molecule has 0 saturated carbocycles. The molecule has 1 amide bonds. The number of carbonyl (C=O) groups excluding carboxylic acids is 1. The molecule has 0 atom stereocenters. The fourth-order valence-corrected chi connectivity index (χ4v) is 3.73. The molecular weight excluding hydrogens is 284 g/mol. The SMILES string of the molecule is CC(C)N1CCN(C(=O)c2sc3ncccc3c2N)CC1. The Morgan fingerprint density at radius 2 is 2.05 bits per heavy atom. The number of pyridine rings is 1. The first-order valence-electron chi connectivity index (χ1n) is 7.24. The number of amides is 1. The molecule has 5 nitrogen and oxygen atoms in total. The first kappa shape index (κ1) is 14.3. The van der Waals surface area contributed by atoms with Crippen molar-refractivity contribution in [3.05, 3.63) is 23.2 Å². The Hall–Kier alpha value is -1.66. The lowest BCUT2D eigenvalue weighted by Crippen LogP contribution is -2.50. The minimum atomic E-state index is 0.0407. The third-order valence-electron chi connectivity index (χ3n) is 4.03. The van der Waals surface area contributed by atoms with Gasteiger partial charge in [0.15, 0.2) is 0 Å². The molecular formula is C15H20N4OS. The maximum absolute atomic E-state index is 12.7. The summed E-state index contributed by atoms with van der Waals surface area (Å²) in [4.78, 5) is 22.7. The minimum absolute atomic E-state index is 0.0407. The fourth-order valence-electron chi connectivity index (χ4n) is 2.69. The largest absolute Gasteiger partial charge is 0.397 e. The number of hydrogen-bond acceptors (Lipinski definition) is 5. The lowest BCUT2D eigenvalue weighted by atomic mass is 10.2. The highest BCUT2D eigenvalue weighted by Crippen LogP contribution is 2.33. The average molecular weight is 304 g/mol. The lowest BCUT2D eigenvalue weighted by molar-refractivity contribution is 0.0601. The minimum Gasteiger partial charge on any atom is -0.397 e. The van der Waals surface area contributed by atoms with Gasteiger partial charge in [-0.3, -0.25) is 9.69 Å². The molecule has 2 aromatic heterocycles. The normalized spacial score (nSPS) is 16.8. The molecule has 0 bridgehead atoms. The molecule has 0 radical (unpaired) electrons. The summed E-state index contributed by atoms with van der Waals surface area (Å²) in [5.41, 5.74) is 6.70. The molecule has 1 saturated heterocycles. The van der Waals surface area contributed by atoms with E-state index < -0.39 is 0 Å². The van der Waals surface area contributed by atoms with Gasteiger partial charge in [0.25, 0.3) is 5.91 Å². The Kier molecular flexibility index (Phi) is 3.82. The van der Waals surface area contributed by atoms with Crippen LogP contribution >= 0.6 is 11.3 Å². The van der Waals surface area contributed by atoms with Crippen molar-refractivity contribution in [3.8, 4) is 0 Å². The van der Waals surface area contributed by atoms with Crippen molar-refractivity contribution in [2.24, 2.45) is 0 Å². The predicted molar refractivity (Wildman–Crippen MR) is 86.6 cm³/mol. The van der Waals surface area contributed by atoms with E-state index in [1.54, 1.807) is 6.20 Å². The second-order valence-corrected chi connectivity index (χ2v) is 6.62. The van der Waals surface area contributed by atoms with Crippen LogP contribution in [0.25, 0.3) is 10.2 Å². The standard InChI is InChI=1S/C15H20N4OS/c1-10(2)18-6-8-19(9-7-18)15(20)13-12(16)11-4-3-5-17-14(11)21-13/h3-5,10H,6-9,16H2,1-2H3. The van der Waals surface area contributed by atoms with E-state index in [1.165, 1.54) is 11.3 Å². The van der Waals surface area contributed by atoms with Crippen molar-refractivity contribution in [1.29, 1.82) is 0 Å². The molecule has 112 valence electrons. The van der Waals surface area contributed by atoms with E-state index in [2.05, 4.69) is 23.7 Å². The van der Waals surface area contributed by atoms with Crippen LogP contribution in [0.15, 0.2) is 18.3 Å². The van der Waals surface area contributed by atoms with Crippen molar-refractivity contribution in [2.45, 2.75) is 19.9 Å². The number of aromatic nitrogens is 1. The van der Waals surface area contributed by atoms with Gasteiger partial charge in [-0.15, -0.1) is 11.3 Å². The van der Waals surface area contributed by atoms with Crippen LogP contribution in [0, 0.1) is 0 Å². The number of anilines is 1. The highest BCUT2D eigenvalue weighted by Gasteiger charge is 2.26.